The number of fused-ring (bicyclic) bond motifs is 1. The van der Waals surface area contributed by atoms with E-state index >= 15 is 0 Å². The number of hydrogen-bond donors (Lipinski definition) is 3. The van der Waals surface area contributed by atoms with E-state index in [1.165, 1.54) is 25.7 Å². The van der Waals surface area contributed by atoms with Crippen molar-refractivity contribution in [2.45, 2.75) is 43.9 Å². The molecule has 0 bridgehead atoms. The van der Waals surface area contributed by atoms with Gasteiger partial charge in [-0.25, -0.2) is 0 Å². The fourth-order valence-electron chi connectivity index (χ4n) is 2.19. The van der Waals surface area contributed by atoms with Crippen molar-refractivity contribution < 1.29 is 0 Å². The lowest BCUT2D eigenvalue weighted by Crippen LogP contribution is -2.64. The third kappa shape index (κ3) is 1.55. The maximum atomic E-state index is 5.77. The molecule has 0 radical (unpaired) electrons. The minimum Gasteiger partial charge on any atom is -0.315 e. The summed E-state index contributed by atoms with van der Waals surface area (Å²) in [5, 5.41) is 6.92. The fourth-order valence-corrected chi connectivity index (χ4v) is 2.19. The summed E-state index contributed by atoms with van der Waals surface area (Å²) in [6.07, 6.45) is 5.54. The van der Waals surface area contributed by atoms with Crippen molar-refractivity contribution in [3.63, 3.8) is 0 Å². The van der Waals surface area contributed by atoms with Crippen molar-refractivity contribution in [1.82, 2.24) is 10.6 Å². The van der Waals surface area contributed by atoms with Crippen LogP contribution < -0.4 is 16.4 Å². The Morgan fingerprint density at radius 2 is 1.82 bits per heavy atom. The first-order chi connectivity index (χ1) is 5.36. The van der Waals surface area contributed by atoms with Gasteiger partial charge in [-0.3, -0.25) is 5.32 Å². The SMILES string of the molecule is N[C@@H]1CN[C@H]2CCCC[C@@H]2N1. The third-order valence-corrected chi connectivity index (χ3v) is 2.79. The lowest BCUT2D eigenvalue weighted by atomic mass is 9.89. The molecule has 0 aromatic heterocycles. The van der Waals surface area contributed by atoms with E-state index in [4.69, 9.17) is 5.73 Å². The van der Waals surface area contributed by atoms with Crippen molar-refractivity contribution in [3.05, 3.63) is 0 Å². The Balaban J connectivity index is 1.93. The van der Waals surface area contributed by atoms with E-state index in [1.807, 2.05) is 0 Å². The molecule has 3 atom stereocenters. The van der Waals surface area contributed by atoms with Gasteiger partial charge < -0.3 is 11.1 Å². The van der Waals surface area contributed by atoms with Crippen LogP contribution in [-0.4, -0.2) is 24.8 Å². The highest BCUT2D eigenvalue weighted by Crippen LogP contribution is 2.20. The number of nitrogens with one attached hydrogen (secondary N) is 2. The van der Waals surface area contributed by atoms with Crippen molar-refractivity contribution in [1.29, 1.82) is 0 Å². The molecular formula is C8H17N3. The Labute approximate surface area is 67.7 Å². The van der Waals surface area contributed by atoms with E-state index in [2.05, 4.69) is 10.6 Å². The number of nitrogens with two attached hydrogens (primary N) is 1. The minimum absolute atomic E-state index is 0.175. The van der Waals surface area contributed by atoms with Crippen LogP contribution in [0.5, 0.6) is 0 Å². The summed E-state index contributed by atoms with van der Waals surface area (Å²) in [6.45, 7) is 0.932. The van der Waals surface area contributed by atoms with Gasteiger partial charge in [-0.05, 0) is 12.8 Å². The molecule has 2 aliphatic rings. The van der Waals surface area contributed by atoms with Gasteiger partial charge in [0.25, 0.3) is 0 Å². The van der Waals surface area contributed by atoms with Gasteiger partial charge >= 0.3 is 0 Å². The van der Waals surface area contributed by atoms with Crippen molar-refractivity contribution in [2.24, 2.45) is 5.73 Å². The zero-order chi connectivity index (χ0) is 7.68. The van der Waals surface area contributed by atoms with E-state index in [0.29, 0.717) is 12.1 Å². The zero-order valence-corrected chi connectivity index (χ0v) is 6.84. The van der Waals surface area contributed by atoms with Gasteiger partial charge in [0.15, 0.2) is 0 Å². The minimum atomic E-state index is 0.175. The molecule has 1 aliphatic carbocycles. The van der Waals surface area contributed by atoms with Crippen LogP contribution in [0, 0.1) is 0 Å². The molecule has 0 aromatic carbocycles. The molecule has 0 amide bonds. The Morgan fingerprint density at radius 1 is 1.09 bits per heavy atom. The van der Waals surface area contributed by atoms with Crippen molar-refractivity contribution in [3.8, 4) is 0 Å². The number of rotatable bonds is 0. The van der Waals surface area contributed by atoms with Crippen molar-refractivity contribution in [2.75, 3.05) is 6.54 Å². The van der Waals surface area contributed by atoms with Crippen LogP contribution in [0.1, 0.15) is 25.7 Å². The third-order valence-electron chi connectivity index (χ3n) is 2.79. The average Bonchev–Trinajstić information content (AvgIpc) is 2.04. The lowest BCUT2D eigenvalue weighted by molar-refractivity contribution is 0.215. The Hall–Kier alpha value is -0.120. The highest BCUT2D eigenvalue weighted by Gasteiger charge is 2.29. The molecule has 1 heterocycles. The quantitative estimate of drug-likeness (QED) is 0.453. The van der Waals surface area contributed by atoms with E-state index < -0.39 is 0 Å². The second-order valence-electron chi connectivity index (χ2n) is 3.68. The van der Waals surface area contributed by atoms with Crippen molar-refractivity contribution >= 4 is 0 Å². The van der Waals surface area contributed by atoms with Crippen LogP contribution in [0.4, 0.5) is 0 Å². The topological polar surface area (TPSA) is 50.1 Å². The zero-order valence-electron chi connectivity index (χ0n) is 6.84. The molecule has 0 aromatic rings. The second-order valence-corrected chi connectivity index (χ2v) is 3.68. The van der Waals surface area contributed by atoms with E-state index in [0.717, 1.165) is 6.54 Å². The molecular weight excluding hydrogens is 138 g/mol. The second kappa shape index (κ2) is 3.09. The Bertz CT molecular complexity index is 137. The van der Waals surface area contributed by atoms with Gasteiger partial charge in [-0.2, -0.15) is 0 Å². The van der Waals surface area contributed by atoms with Crippen LogP contribution in [0.25, 0.3) is 0 Å². The predicted octanol–water partition coefficient (Wildman–Crippen LogP) is -0.225. The highest BCUT2D eigenvalue weighted by molar-refractivity contribution is 4.92. The largest absolute Gasteiger partial charge is 0.315 e. The molecule has 2 fully saturated rings. The van der Waals surface area contributed by atoms with Crippen LogP contribution >= 0.6 is 0 Å². The van der Waals surface area contributed by atoms with Gasteiger partial charge in [0.1, 0.15) is 0 Å². The molecule has 4 N–H and O–H groups in total. The fraction of sp³-hybridized carbons (Fsp3) is 1.00. The van der Waals surface area contributed by atoms with Gasteiger partial charge in [0, 0.05) is 18.6 Å². The summed E-state index contributed by atoms with van der Waals surface area (Å²) >= 11 is 0. The molecule has 1 aliphatic heterocycles. The Kier molecular flexibility index (Phi) is 2.11. The smallest absolute Gasteiger partial charge is 0.0677 e. The molecule has 11 heavy (non-hydrogen) atoms. The first-order valence-corrected chi connectivity index (χ1v) is 4.61. The summed E-state index contributed by atoms with van der Waals surface area (Å²) < 4.78 is 0. The van der Waals surface area contributed by atoms with Crippen LogP contribution in [0.3, 0.4) is 0 Å². The first kappa shape index (κ1) is 7.53. The maximum Gasteiger partial charge on any atom is 0.0677 e. The molecule has 3 heteroatoms. The van der Waals surface area contributed by atoms with E-state index in [-0.39, 0.29) is 6.17 Å². The lowest BCUT2D eigenvalue weighted by Gasteiger charge is -2.40. The molecule has 1 saturated carbocycles. The molecule has 0 spiro atoms. The van der Waals surface area contributed by atoms with Gasteiger partial charge in [-0.1, -0.05) is 12.8 Å². The summed E-state index contributed by atoms with van der Waals surface area (Å²) in [5.41, 5.74) is 5.77. The van der Waals surface area contributed by atoms with E-state index in [9.17, 15) is 0 Å². The van der Waals surface area contributed by atoms with E-state index in [1.54, 1.807) is 0 Å². The van der Waals surface area contributed by atoms with Gasteiger partial charge in [0.05, 0.1) is 6.17 Å². The number of piperazine rings is 1. The monoisotopic (exact) mass is 155 g/mol. The summed E-state index contributed by atoms with van der Waals surface area (Å²) in [4.78, 5) is 0. The molecule has 64 valence electrons. The summed E-state index contributed by atoms with van der Waals surface area (Å²) in [7, 11) is 0. The standard InChI is InChI=1S/C8H17N3/c9-8-5-10-6-3-1-2-4-7(6)11-8/h6-8,10-11H,1-5,9H2/t6-,7-,8-/m0/s1. The highest BCUT2D eigenvalue weighted by atomic mass is 15.2. The molecule has 1 saturated heterocycles. The number of hydrogen-bond acceptors (Lipinski definition) is 3. The van der Waals surface area contributed by atoms with Gasteiger partial charge in [0.2, 0.25) is 0 Å². The molecule has 2 rings (SSSR count). The van der Waals surface area contributed by atoms with Crippen LogP contribution in [-0.2, 0) is 0 Å². The molecule has 3 nitrogen and oxygen atoms in total. The van der Waals surface area contributed by atoms with Crippen LogP contribution in [0.15, 0.2) is 0 Å². The van der Waals surface area contributed by atoms with Crippen LogP contribution in [0.2, 0.25) is 0 Å². The Morgan fingerprint density at radius 3 is 2.64 bits per heavy atom. The molecule has 0 unspecified atom stereocenters. The van der Waals surface area contributed by atoms with Gasteiger partial charge in [-0.15, -0.1) is 0 Å². The summed E-state index contributed by atoms with van der Waals surface area (Å²) in [5.74, 6) is 0. The maximum absolute atomic E-state index is 5.77. The normalized spacial score (nSPS) is 45.0. The first-order valence-electron chi connectivity index (χ1n) is 4.61. The average molecular weight is 155 g/mol. The predicted molar refractivity (Wildman–Crippen MR) is 45.2 cm³/mol. The summed E-state index contributed by atoms with van der Waals surface area (Å²) in [6, 6.07) is 1.34.